The van der Waals surface area contributed by atoms with E-state index in [1.165, 1.54) is 5.56 Å². The zero-order valence-electron chi connectivity index (χ0n) is 12.7. The number of aromatic hydroxyl groups is 1. The van der Waals surface area contributed by atoms with Gasteiger partial charge in [-0.15, -0.1) is 0 Å². The molecule has 0 atom stereocenters. The van der Waals surface area contributed by atoms with Gasteiger partial charge in [0.2, 0.25) is 0 Å². The number of nitrogens with zero attached hydrogens (tertiary/aromatic N) is 2. The molecule has 3 nitrogen and oxygen atoms in total. The summed E-state index contributed by atoms with van der Waals surface area (Å²) in [6.07, 6.45) is 4.40. The lowest BCUT2D eigenvalue weighted by atomic mass is 10.2. The van der Waals surface area contributed by atoms with Gasteiger partial charge in [-0.2, -0.15) is 0 Å². The van der Waals surface area contributed by atoms with Crippen LogP contribution in [0.5, 0.6) is 5.75 Å². The lowest BCUT2D eigenvalue weighted by Crippen LogP contribution is -2.46. The molecule has 0 spiro atoms. The smallest absolute Gasteiger partial charge is 0.138 e. The highest BCUT2D eigenvalue weighted by Gasteiger charge is 2.17. The van der Waals surface area contributed by atoms with Gasteiger partial charge in [0, 0.05) is 32.7 Å². The van der Waals surface area contributed by atoms with Gasteiger partial charge in [-0.3, -0.25) is 4.90 Å². The largest absolute Gasteiger partial charge is 0.506 e. The van der Waals surface area contributed by atoms with E-state index in [9.17, 15) is 5.11 Å². The third-order valence-electron chi connectivity index (χ3n) is 4.07. The average Bonchev–Trinajstić information content (AvgIpc) is 2.57. The van der Waals surface area contributed by atoms with Crippen molar-refractivity contribution in [2.24, 2.45) is 0 Å². The maximum Gasteiger partial charge on any atom is 0.138 e. The Morgan fingerprint density at radius 3 is 2.27 bits per heavy atom. The van der Waals surface area contributed by atoms with Crippen LogP contribution < -0.4 is 4.90 Å². The topological polar surface area (TPSA) is 26.7 Å². The minimum absolute atomic E-state index is 0.375. The first-order chi connectivity index (χ1) is 10.8. The third kappa shape index (κ3) is 3.68. The van der Waals surface area contributed by atoms with Crippen LogP contribution >= 0.6 is 0 Å². The van der Waals surface area contributed by atoms with E-state index in [4.69, 9.17) is 0 Å². The van der Waals surface area contributed by atoms with Gasteiger partial charge in [0.25, 0.3) is 0 Å². The summed E-state index contributed by atoms with van der Waals surface area (Å²) in [4.78, 5) is 4.70. The molecular weight excluding hydrogens is 272 g/mol. The highest BCUT2D eigenvalue weighted by atomic mass is 16.3. The van der Waals surface area contributed by atoms with Crippen LogP contribution in [0.1, 0.15) is 5.56 Å². The predicted molar refractivity (Wildman–Crippen MR) is 92.2 cm³/mol. The van der Waals surface area contributed by atoms with E-state index in [0.717, 1.165) is 38.4 Å². The standard InChI is InChI=1S/C19H22N2O/c22-19-11-5-4-10-18(19)21-15-13-20(14-16-21)12-6-9-17-7-2-1-3-8-17/h1-11,22H,12-16H2/b9-6+. The molecule has 0 aromatic heterocycles. The molecule has 1 heterocycles. The molecule has 114 valence electrons. The van der Waals surface area contributed by atoms with Crippen molar-refractivity contribution in [3.8, 4) is 5.75 Å². The molecule has 0 amide bonds. The first kappa shape index (κ1) is 14.7. The fourth-order valence-corrected chi connectivity index (χ4v) is 2.80. The molecule has 3 heteroatoms. The summed E-state index contributed by atoms with van der Waals surface area (Å²) in [6.45, 7) is 4.93. The quantitative estimate of drug-likeness (QED) is 0.938. The Bertz CT molecular complexity index is 616. The minimum Gasteiger partial charge on any atom is -0.506 e. The van der Waals surface area contributed by atoms with E-state index >= 15 is 0 Å². The summed E-state index contributed by atoms with van der Waals surface area (Å²) in [5.74, 6) is 0.375. The summed E-state index contributed by atoms with van der Waals surface area (Å²) in [6, 6.07) is 18.0. The summed E-state index contributed by atoms with van der Waals surface area (Å²) in [5.41, 5.74) is 2.19. The lowest BCUT2D eigenvalue weighted by Gasteiger charge is -2.35. The Labute approximate surface area is 132 Å². The normalized spacial score (nSPS) is 16.3. The van der Waals surface area contributed by atoms with Gasteiger partial charge in [-0.1, -0.05) is 54.6 Å². The molecule has 0 saturated carbocycles. The molecule has 0 unspecified atom stereocenters. The molecule has 1 saturated heterocycles. The van der Waals surface area contributed by atoms with E-state index in [-0.39, 0.29) is 0 Å². The second-order valence-electron chi connectivity index (χ2n) is 5.59. The number of phenolic OH excluding ortho intramolecular Hbond substituents is 1. The Morgan fingerprint density at radius 2 is 1.55 bits per heavy atom. The molecule has 2 aromatic rings. The molecule has 0 radical (unpaired) electrons. The third-order valence-corrected chi connectivity index (χ3v) is 4.07. The zero-order valence-corrected chi connectivity index (χ0v) is 12.7. The van der Waals surface area contributed by atoms with E-state index in [1.807, 2.05) is 24.3 Å². The van der Waals surface area contributed by atoms with E-state index in [2.05, 4.69) is 46.2 Å². The molecule has 3 rings (SSSR count). The summed E-state index contributed by atoms with van der Waals surface area (Å²) in [7, 11) is 0. The first-order valence-electron chi connectivity index (χ1n) is 7.80. The van der Waals surface area contributed by atoms with Crippen molar-refractivity contribution in [1.82, 2.24) is 4.90 Å². The van der Waals surface area contributed by atoms with Crippen molar-refractivity contribution in [3.05, 3.63) is 66.2 Å². The van der Waals surface area contributed by atoms with Gasteiger partial charge < -0.3 is 10.0 Å². The summed E-state index contributed by atoms with van der Waals surface area (Å²) >= 11 is 0. The van der Waals surface area contributed by atoms with E-state index < -0.39 is 0 Å². The van der Waals surface area contributed by atoms with Crippen molar-refractivity contribution >= 4 is 11.8 Å². The molecule has 22 heavy (non-hydrogen) atoms. The number of benzene rings is 2. The maximum absolute atomic E-state index is 9.93. The van der Waals surface area contributed by atoms with Gasteiger partial charge in [-0.05, 0) is 17.7 Å². The highest BCUT2D eigenvalue weighted by molar-refractivity contribution is 5.57. The van der Waals surface area contributed by atoms with Crippen molar-refractivity contribution in [2.75, 3.05) is 37.6 Å². The number of phenols is 1. The second-order valence-corrected chi connectivity index (χ2v) is 5.59. The van der Waals surface area contributed by atoms with Crippen LogP contribution in [-0.4, -0.2) is 42.7 Å². The molecule has 0 bridgehead atoms. The Morgan fingerprint density at radius 1 is 0.864 bits per heavy atom. The number of piperazine rings is 1. The van der Waals surface area contributed by atoms with Crippen LogP contribution in [0.25, 0.3) is 6.08 Å². The highest BCUT2D eigenvalue weighted by Crippen LogP contribution is 2.27. The molecule has 1 fully saturated rings. The van der Waals surface area contributed by atoms with E-state index in [1.54, 1.807) is 6.07 Å². The molecule has 2 aromatic carbocycles. The Kier molecular flexibility index (Phi) is 4.76. The first-order valence-corrected chi connectivity index (χ1v) is 7.80. The summed E-state index contributed by atoms with van der Waals surface area (Å²) < 4.78 is 0. The Balaban J connectivity index is 1.50. The minimum atomic E-state index is 0.375. The Hall–Kier alpha value is -2.26. The monoisotopic (exact) mass is 294 g/mol. The number of anilines is 1. The van der Waals surface area contributed by atoms with E-state index in [0.29, 0.717) is 5.75 Å². The van der Waals surface area contributed by atoms with Crippen LogP contribution in [0.3, 0.4) is 0 Å². The van der Waals surface area contributed by atoms with Crippen molar-refractivity contribution in [2.45, 2.75) is 0 Å². The molecule has 1 N–H and O–H groups in total. The summed E-state index contributed by atoms with van der Waals surface area (Å²) in [5, 5.41) is 9.93. The SMILES string of the molecule is Oc1ccccc1N1CCN(C/C=C/c2ccccc2)CC1. The zero-order chi connectivity index (χ0) is 15.2. The van der Waals surface area contributed by atoms with Gasteiger partial charge in [0.15, 0.2) is 0 Å². The number of hydrogen-bond acceptors (Lipinski definition) is 3. The second kappa shape index (κ2) is 7.14. The van der Waals surface area contributed by atoms with Crippen LogP contribution in [0.15, 0.2) is 60.7 Å². The van der Waals surface area contributed by atoms with Crippen LogP contribution in [0.2, 0.25) is 0 Å². The van der Waals surface area contributed by atoms with Crippen molar-refractivity contribution in [3.63, 3.8) is 0 Å². The predicted octanol–water partition coefficient (Wildman–Crippen LogP) is 3.23. The lowest BCUT2D eigenvalue weighted by molar-refractivity contribution is 0.283. The molecular formula is C19H22N2O. The fourth-order valence-electron chi connectivity index (χ4n) is 2.80. The number of para-hydroxylation sites is 2. The van der Waals surface area contributed by atoms with Gasteiger partial charge in [0.05, 0.1) is 5.69 Å². The fraction of sp³-hybridized carbons (Fsp3) is 0.263. The maximum atomic E-state index is 9.93. The van der Waals surface area contributed by atoms with Gasteiger partial charge in [0.1, 0.15) is 5.75 Å². The number of hydrogen-bond donors (Lipinski definition) is 1. The van der Waals surface area contributed by atoms with Gasteiger partial charge in [-0.25, -0.2) is 0 Å². The van der Waals surface area contributed by atoms with Gasteiger partial charge >= 0.3 is 0 Å². The van der Waals surface area contributed by atoms with Crippen molar-refractivity contribution < 1.29 is 5.11 Å². The molecule has 0 aliphatic carbocycles. The average molecular weight is 294 g/mol. The van der Waals surface area contributed by atoms with Crippen molar-refractivity contribution in [1.29, 1.82) is 0 Å². The number of rotatable bonds is 4. The molecule has 1 aliphatic rings. The van der Waals surface area contributed by atoms with Crippen LogP contribution in [0, 0.1) is 0 Å². The van der Waals surface area contributed by atoms with Crippen LogP contribution in [-0.2, 0) is 0 Å². The molecule has 1 aliphatic heterocycles. The van der Waals surface area contributed by atoms with Crippen LogP contribution in [0.4, 0.5) is 5.69 Å².